The molecule has 1 fully saturated rings. The van der Waals surface area contributed by atoms with E-state index in [1.54, 1.807) is 12.1 Å². The molecule has 0 saturated carbocycles. The Kier molecular flexibility index (Phi) is 6.71. The number of halogens is 1. The number of thiol groups is 1. The van der Waals surface area contributed by atoms with Crippen LogP contribution in [-0.2, 0) is 19.1 Å². The lowest BCUT2D eigenvalue weighted by molar-refractivity contribution is -0.147. The molecule has 0 bridgehead atoms. The quantitative estimate of drug-likeness (QED) is 0.502. The van der Waals surface area contributed by atoms with Gasteiger partial charge in [0.15, 0.2) is 0 Å². The Bertz CT molecular complexity index is 649. The van der Waals surface area contributed by atoms with E-state index in [1.807, 2.05) is 17.0 Å². The van der Waals surface area contributed by atoms with Gasteiger partial charge in [-0.25, -0.2) is 9.59 Å². The average Bonchev–Trinajstić information content (AvgIpc) is 2.59. The molecule has 1 aromatic rings. The van der Waals surface area contributed by atoms with Gasteiger partial charge in [-0.1, -0.05) is 29.8 Å². The molecule has 0 spiro atoms. The van der Waals surface area contributed by atoms with Crippen LogP contribution < -0.4 is 0 Å². The van der Waals surface area contributed by atoms with E-state index in [0.29, 0.717) is 30.1 Å². The van der Waals surface area contributed by atoms with E-state index in [9.17, 15) is 9.59 Å². The first-order chi connectivity index (χ1) is 11.5. The number of nitrogens with zero attached hydrogens (tertiary/aromatic N) is 1. The largest absolute Gasteiger partial charge is 0.468 e. The molecule has 1 heterocycles. The van der Waals surface area contributed by atoms with Gasteiger partial charge in [0.1, 0.15) is 6.04 Å². The SMILES string of the molecule is COC(=O)/C=C1\CN(C(C(=O)OC)c2ccccc2Cl)CCC1S. The summed E-state index contributed by atoms with van der Waals surface area (Å²) in [7, 11) is 2.68. The molecule has 2 rings (SSSR count). The standard InChI is InChI=1S/C17H20ClNO4S/c1-22-15(20)9-11-10-19(8-7-14(11)24)16(17(21)23-2)12-5-3-4-6-13(12)18/h3-6,9,14,16,24H,7-8,10H2,1-2H3/b11-9+. The molecule has 1 saturated heterocycles. The number of rotatable bonds is 4. The number of benzene rings is 1. The molecule has 24 heavy (non-hydrogen) atoms. The van der Waals surface area contributed by atoms with Crippen molar-refractivity contribution < 1.29 is 19.1 Å². The summed E-state index contributed by atoms with van der Waals surface area (Å²) in [5, 5.41) is 0.448. The Hall–Kier alpha value is -1.50. The van der Waals surface area contributed by atoms with Crippen molar-refractivity contribution >= 4 is 36.2 Å². The lowest BCUT2D eigenvalue weighted by Gasteiger charge is -2.36. The molecule has 5 nitrogen and oxygen atoms in total. The van der Waals surface area contributed by atoms with Gasteiger partial charge >= 0.3 is 11.9 Å². The number of carbonyl (C=O) groups excluding carboxylic acids is 2. The summed E-state index contributed by atoms with van der Waals surface area (Å²) < 4.78 is 9.66. The molecule has 2 atom stereocenters. The molecule has 0 radical (unpaired) electrons. The number of hydrogen-bond donors (Lipinski definition) is 1. The number of methoxy groups -OCH3 is 2. The van der Waals surface area contributed by atoms with Crippen molar-refractivity contribution in [3.8, 4) is 0 Å². The fourth-order valence-corrected chi connectivity index (χ4v) is 3.26. The zero-order valence-corrected chi connectivity index (χ0v) is 15.2. The molecular weight excluding hydrogens is 350 g/mol. The van der Waals surface area contributed by atoms with Gasteiger partial charge in [0.25, 0.3) is 0 Å². The predicted octanol–water partition coefficient (Wildman–Crippen LogP) is 2.66. The number of hydrogen-bond acceptors (Lipinski definition) is 6. The van der Waals surface area contributed by atoms with Crippen LogP contribution in [-0.4, -0.2) is 49.4 Å². The maximum absolute atomic E-state index is 12.4. The molecule has 7 heteroatoms. The van der Waals surface area contributed by atoms with Gasteiger partial charge < -0.3 is 9.47 Å². The molecule has 1 aliphatic rings. The van der Waals surface area contributed by atoms with Gasteiger partial charge in [-0.3, -0.25) is 4.90 Å². The first-order valence-electron chi connectivity index (χ1n) is 7.50. The minimum absolute atomic E-state index is 0.0510. The van der Waals surface area contributed by atoms with Gasteiger partial charge in [-0.05, 0) is 23.6 Å². The smallest absolute Gasteiger partial charge is 0.330 e. The fraction of sp³-hybridized carbons (Fsp3) is 0.412. The Morgan fingerprint density at radius 3 is 2.67 bits per heavy atom. The van der Waals surface area contributed by atoms with E-state index < -0.39 is 18.0 Å². The maximum atomic E-state index is 12.4. The summed E-state index contributed by atoms with van der Waals surface area (Å²) in [4.78, 5) is 25.9. The summed E-state index contributed by atoms with van der Waals surface area (Å²) in [6, 6.07) is 6.55. The fourth-order valence-electron chi connectivity index (χ4n) is 2.75. The lowest BCUT2D eigenvalue weighted by Crippen LogP contribution is -2.42. The third-order valence-corrected chi connectivity index (χ3v) is 4.93. The van der Waals surface area contributed by atoms with E-state index in [0.717, 1.165) is 5.57 Å². The molecule has 1 aliphatic heterocycles. The molecule has 1 aromatic carbocycles. The first kappa shape index (κ1) is 18.8. The number of carbonyl (C=O) groups is 2. The van der Waals surface area contributed by atoms with Gasteiger partial charge in [0.2, 0.25) is 0 Å². The summed E-state index contributed by atoms with van der Waals surface area (Å²) in [6.45, 7) is 1.05. The van der Waals surface area contributed by atoms with Crippen molar-refractivity contribution in [1.29, 1.82) is 0 Å². The van der Waals surface area contributed by atoms with Crippen molar-refractivity contribution in [2.75, 3.05) is 27.3 Å². The van der Waals surface area contributed by atoms with Crippen molar-refractivity contribution in [2.45, 2.75) is 17.7 Å². The van der Waals surface area contributed by atoms with Crippen LogP contribution in [0.2, 0.25) is 5.02 Å². The van der Waals surface area contributed by atoms with E-state index >= 15 is 0 Å². The number of piperidine rings is 1. The van der Waals surface area contributed by atoms with Crippen molar-refractivity contribution in [2.24, 2.45) is 0 Å². The third kappa shape index (κ3) is 4.32. The van der Waals surface area contributed by atoms with Crippen LogP contribution in [0.5, 0.6) is 0 Å². The average molecular weight is 370 g/mol. The second kappa shape index (κ2) is 8.55. The van der Waals surface area contributed by atoms with Crippen LogP contribution in [0.1, 0.15) is 18.0 Å². The Balaban J connectivity index is 2.34. The molecule has 2 unspecified atom stereocenters. The van der Waals surface area contributed by atoms with Gasteiger partial charge in [-0.15, -0.1) is 0 Å². The van der Waals surface area contributed by atoms with Gasteiger partial charge in [0, 0.05) is 29.4 Å². The van der Waals surface area contributed by atoms with Crippen LogP contribution in [0.4, 0.5) is 0 Å². The van der Waals surface area contributed by atoms with Crippen LogP contribution in [0.15, 0.2) is 35.9 Å². The van der Waals surface area contributed by atoms with Gasteiger partial charge in [0.05, 0.1) is 14.2 Å². The molecule has 0 aliphatic carbocycles. The highest BCUT2D eigenvalue weighted by molar-refractivity contribution is 7.81. The minimum atomic E-state index is -0.634. The minimum Gasteiger partial charge on any atom is -0.468 e. The summed E-state index contributed by atoms with van der Waals surface area (Å²) in [6.07, 6.45) is 2.13. The predicted molar refractivity (Wildman–Crippen MR) is 95.3 cm³/mol. The zero-order valence-electron chi connectivity index (χ0n) is 13.6. The topological polar surface area (TPSA) is 55.8 Å². The maximum Gasteiger partial charge on any atom is 0.330 e. The molecule has 0 aromatic heterocycles. The van der Waals surface area contributed by atoms with Crippen molar-refractivity contribution in [3.05, 3.63) is 46.5 Å². The summed E-state index contributed by atoms with van der Waals surface area (Å²) >= 11 is 10.8. The normalized spacial score (nSPS) is 21.3. The molecule has 0 amide bonds. The van der Waals surface area contributed by atoms with Crippen LogP contribution in [0.25, 0.3) is 0 Å². The van der Waals surface area contributed by atoms with Crippen LogP contribution in [0.3, 0.4) is 0 Å². The molecular formula is C17H20ClNO4S. The third-order valence-electron chi connectivity index (χ3n) is 4.00. The van der Waals surface area contributed by atoms with Gasteiger partial charge in [-0.2, -0.15) is 12.6 Å². The second-order valence-electron chi connectivity index (χ2n) is 5.46. The van der Waals surface area contributed by atoms with E-state index in [2.05, 4.69) is 17.4 Å². The second-order valence-corrected chi connectivity index (χ2v) is 6.50. The van der Waals surface area contributed by atoms with Crippen molar-refractivity contribution in [3.63, 3.8) is 0 Å². The lowest BCUT2D eigenvalue weighted by atomic mass is 9.98. The van der Waals surface area contributed by atoms with E-state index in [1.165, 1.54) is 20.3 Å². The van der Waals surface area contributed by atoms with Crippen molar-refractivity contribution in [1.82, 2.24) is 4.90 Å². The number of likely N-dealkylation sites (tertiary alicyclic amines) is 1. The highest BCUT2D eigenvalue weighted by Gasteiger charge is 2.34. The number of ether oxygens (including phenoxy) is 2. The van der Waals surface area contributed by atoms with Crippen LogP contribution >= 0.6 is 24.2 Å². The number of esters is 2. The first-order valence-corrected chi connectivity index (χ1v) is 8.40. The van der Waals surface area contributed by atoms with E-state index in [-0.39, 0.29) is 5.25 Å². The Labute approximate surface area is 152 Å². The molecule has 130 valence electrons. The Morgan fingerprint density at radius 2 is 2.04 bits per heavy atom. The Morgan fingerprint density at radius 1 is 1.33 bits per heavy atom. The highest BCUT2D eigenvalue weighted by Crippen LogP contribution is 2.33. The molecule has 0 N–H and O–H groups in total. The summed E-state index contributed by atoms with van der Waals surface area (Å²) in [5.74, 6) is -0.823. The van der Waals surface area contributed by atoms with Crippen LogP contribution in [0, 0.1) is 0 Å². The zero-order chi connectivity index (χ0) is 17.7. The summed E-state index contributed by atoms with van der Waals surface area (Å²) in [5.41, 5.74) is 1.48. The monoisotopic (exact) mass is 369 g/mol. The highest BCUT2D eigenvalue weighted by atomic mass is 35.5. The van der Waals surface area contributed by atoms with E-state index in [4.69, 9.17) is 16.3 Å².